The number of benzene rings is 2. The summed E-state index contributed by atoms with van der Waals surface area (Å²) in [6, 6.07) is 16.7. The maximum atomic E-state index is 11.2. The van der Waals surface area contributed by atoms with Gasteiger partial charge in [-0.05, 0) is 55.5 Å². The molecule has 2 amide bonds. The van der Waals surface area contributed by atoms with Crippen LogP contribution in [0.4, 0.5) is 10.5 Å². The largest absolute Gasteiger partial charge is 0.457 e. The van der Waals surface area contributed by atoms with Gasteiger partial charge in [-0.1, -0.05) is 6.07 Å². The van der Waals surface area contributed by atoms with Gasteiger partial charge in [0.1, 0.15) is 11.5 Å². The molecular weight excluding hydrogens is 290 g/mol. The van der Waals surface area contributed by atoms with Crippen LogP contribution >= 0.6 is 0 Å². The molecule has 3 aromatic rings. The Morgan fingerprint density at radius 3 is 2.48 bits per heavy atom. The fraction of sp³-hybridized carbons (Fsp3) is 0.111. The van der Waals surface area contributed by atoms with E-state index in [1.165, 1.54) is 0 Å². The summed E-state index contributed by atoms with van der Waals surface area (Å²) in [6.45, 7) is 1.97. The monoisotopic (exact) mass is 307 g/mol. The molecule has 116 valence electrons. The highest BCUT2D eigenvalue weighted by Gasteiger charge is 2.02. The molecule has 0 saturated heterocycles. The molecule has 0 unspecified atom stereocenters. The number of hydrogen-bond acceptors (Lipinski definition) is 3. The lowest BCUT2D eigenvalue weighted by atomic mass is 10.2. The van der Waals surface area contributed by atoms with Crippen LogP contribution in [0, 0.1) is 6.92 Å². The molecule has 1 heterocycles. The number of fused-ring (bicyclic) bond motifs is 1. The second kappa shape index (κ2) is 6.36. The zero-order valence-corrected chi connectivity index (χ0v) is 13.0. The number of hydrogen-bond donors (Lipinski definition) is 2. The highest BCUT2D eigenvalue weighted by atomic mass is 16.5. The van der Waals surface area contributed by atoms with E-state index in [1.54, 1.807) is 19.2 Å². The van der Waals surface area contributed by atoms with Gasteiger partial charge < -0.3 is 15.4 Å². The lowest BCUT2D eigenvalue weighted by Crippen LogP contribution is -2.24. The normalized spacial score (nSPS) is 10.3. The van der Waals surface area contributed by atoms with Crippen LogP contribution in [-0.2, 0) is 0 Å². The first-order chi connectivity index (χ1) is 11.1. The van der Waals surface area contributed by atoms with Gasteiger partial charge in [0.05, 0.1) is 5.52 Å². The molecule has 3 rings (SSSR count). The summed E-state index contributed by atoms with van der Waals surface area (Å²) in [6.07, 6.45) is 0. The van der Waals surface area contributed by atoms with Gasteiger partial charge in [0.25, 0.3) is 0 Å². The number of aromatic nitrogens is 1. The standard InChI is InChI=1S/C18H17N3O2/c1-12-3-4-13-11-16(9-10-17(13)20-12)23-15-7-5-14(6-8-15)21-18(22)19-2/h3-11H,1-2H3,(H2,19,21,22). The summed E-state index contributed by atoms with van der Waals surface area (Å²) >= 11 is 0. The fourth-order valence-corrected chi connectivity index (χ4v) is 2.21. The molecule has 0 bridgehead atoms. The van der Waals surface area contributed by atoms with Crippen molar-refractivity contribution in [2.24, 2.45) is 0 Å². The lowest BCUT2D eigenvalue weighted by molar-refractivity contribution is 0.254. The van der Waals surface area contributed by atoms with Gasteiger partial charge in [-0.15, -0.1) is 0 Å². The third kappa shape index (κ3) is 3.58. The second-order valence-corrected chi connectivity index (χ2v) is 5.14. The van der Waals surface area contributed by atoms with E-state index >= 15 is 0 Å². The first kappa shape index (κ1) is 14.8. The van der Waals surface area contributed by atoms with Crippen LogP contribution in [-0.4, -0.2) is 18.1 Å². The van der Waals surface area contributed by atoms with Crippen LogP contribution < -0.4 is 15.4 Å². The first-order valence-corrected chi connectivity index (χ1v) is 7.28. The quantitative estimate of drug-likeness (QED) is 0.766. The number of carbonyl (C=O) groups excluding carboxylic acids is 1. The molecule has 23 heavy (non-hydrogen) atoms. The Balaban J connectivity index is 1.76. The predicted molar refractivity (Wildman–Crippen MR) is 91.1 cm³/mol. The number of anilines is 1. The first-order valence-electron chi connectivity index (χ1n) is 7.28. The van der Waals surface area contributed by atoms with E-state index in [9.17, 15) is 4.79 Å². The molecule has 0 saturated carbocycles. The van der Waals surface area contributed by atoms with Crippen molar-refractivity contribution >= 4 is 22.6 Å². The van der Waals surface area contributed by atoms with Crippen molar-refractivity contribution in [3.8, 4) is 11.5 Å². The van der Waals surface area contributed by atoms with Crippen LogP contribution in [0.15, 0.2) is 54.6 Å². The third-order valence-corrected chi connectivity index (χ3v) is 3.37. The minimum absolute atomic E-state index is 0.254. The maximum Gasteiger partial charge on any atom is 0.318 e. The number of pyridine rings is 1. The zero-order chi connectivity index (χ0) is 16.2. The van der Waals surface area contributed by atoms with Crippen LogP contribution in [0.1, 0.15) is 5.69 Å². The molecule has 0 radical (unpaired) electrons. The Morgan fingerprint density at radius 1 is 1.00 bits per heavy atom. The van der Waals surface area contributed by atoms with E-state index in [2.05, 4.69) is 15.6 Å². The molecule has 5 nitrogen and oxygen atoms in total. The smallest absolute Gasteiger partial charge is 0.318 e. The Morgan fingerprint density at radius 2 is 1.74 bits per heavy atom. The highest BCUT2D eigenvalue weighted by Crippen LogP contribution is 2.26. The molecule has 1 aromatic heterocycles. The van der Waals surface area contributed by atoms with E-state index in [0.29, 0.717) is 11.4 Å². The lowest BCUT2D eigenvalue weighted by Gasteiger charge is -2.08. The van der Waals surface area contributed by atoms with Crippen molar-refractivity contribution < 1.29 is 9.53 Å². The van der Waals surface area contributed by atoms with Crippen molar-refractivity contribution in [2.75, 3.05) is 12.4 Å². The molecule has 0 atom stereocenters. The molecule has 5 heteroatoms. The summed E-state index contributed by atoms with van der Waals surface area (Å²) < 4.78 is 5.85. The molecule has 0 spiro atoms. The predicted octanol–water partition coefficient (Wildman–Crippen LogP) is 4.09. The van der Waals surface area contributed by atoms with Crippen LogP contribution in [0.5, 0.6) is 11.5 Å². The summed E-state index contributed by atoms with van der Waals surface area (Å²) in [5.74, 6) is 1.45. The Labute approximate surface area is 134 Å². The number of nitrogens with one attached hydrogen (secondary N) is 2. The van der Waals surface area contributed by atoms with Gasteiger partial charge in [-0.25, -0.2) is 4.79 Å². The molecule has 0 aliphatic carbocycles. The van der Waals surface area contributed by atoms with Crippen LogP contribution in [0.25, 0.3) is 10.9 Å². The number of carbonyl (C=O) groups is 1. The van der Waals surface area contributed by atoms with E-state index in [-0.39, 0.29) is 6.03 Å². The fourth-order valence-electron chi connectivity index (χ4n) is 2.21. The second-order valence-electron chi connectivity index (χ2n) is 5.14. The van der Waals surface area contributed by atoms with Crippen molar-refractivity contribution in [3.63, 3.8) is 0 Å². The Hall–Kier alpha value is -3.08. The summed E-state index contributed by atoms with van der Waals surface area (Å²) in [4.78, 5) is 15.7. The number of amides is 2. The van der Waals surface area contributed by atoms with Gasteiger partial charge in [0.2, 0.25) is 0 Å². The number of rotatable bonds is 3. The van der Waals surface area contributed by atoms with Gasteiger partial charge in [0, 0.05) is 23.8 Å². The van der Waals surface area contributed by atoms with Gasteiger partial charge >= 0.3 is 6.03 Å². The van der Waals surface area contributed by atoms with E-state index in [0.717, 1.165) is 22.3 Å². The van der Waals surface area contributed by atoms with Gasteiger partial charge in [0.15, 0.2) is 0 Å². The Bertz CT molecular complexity index is 845. The molecule has 0 aliphatic heterocycles. The summed E-state index contributed by atoms with van der Waals surface area (Å²) in [5, 5.41) is 6.23. The SMILES string of the molecule is CNC(=O)Nc1ccc(Oc2ccc3nc(C)ccc3c2)cc1. The Kier molecular flexibility index (Phi) is 4.10. The van der Waals surface area contributed by atoms with Gasteiger partial charge in [-0.2, -0.15) is 0 Å². The summed E-state index contributed by atoms with van der Waals surface area (Å²) in [7, 11) is 1.57. The number of urea groups is 1. The zero-order valence-electron chi connectivity index (χ0n) is 13.0. The summed E-state index contributed by atoms with van der Waals surface area (Å²) in [5.41, 5.74) is 2.64. The minimum atomic E-state index is -0.254. The molecule has 2 aromatic carbocycles. The maximum absolute atomic E-state index is 11.2. The van der Waals surface area contributed by atoms with E-state index < -0.39 is 0 Å². The van der Waals surface area contributed by atoms with Crippen LogP contribution in [0.3, 0.4) is 0 Å². The van der Waals surface area contributed by atoms with Crippen molar-refractivity contribution in [1.29, 1.82) is 0 Å². The van der Waals surface area contributed by atoms with Gasteiger partial charge in [-0.3, -0.25) is 4.98 Å². The van der Waals surface area contributed by atoms with Crippen molar-refractivity contribution in [2.45, 2.75) is 6.92 Å². The average Bonchev–Trinajstić information content (AvgIpc) is 2.56. The molecule has 0 aliphatic rings. The minimum Gasteiger partial charge on any atom is -0.457 e. The van der Waals surface area contributed by atoms with E-state index in [4.69, 9.17) is 4.74 Å². The number of aryl methyl sites for hydroxylation is 1. The molecule has 2 N–H and O–H groups in total. The molecular formula is C18H17N3O2. The molecule has 0 fully saturated rings. The third-order valence-electron chi connectivity index (χ3n) is 3.37. The number of nitrogens with zero attached hydrogens (tertiary/aromatic N) is 1. The van der Waals surface area contributed by atoms with Crippen molar-refractivity contribution in [3.05, 3.63) is 60.3 Å². The highest BCUT2D eigenvalue weighted by molar-refractivity contribution is 5.89. The topological polar surface area (TPSA) is 63.2 Å². The van der Waals surface area contributed by atoms with Crippen LogP contribution in [0.2, 0.25) is 0 Å². The average molecular weight is 307 g/mol. The number of ether oxygens (including phenoxy) is 1. The van der Waals surface area contributed by atoms with Crippen molar-refractivity contribution in [1.82, 2.24) is 10.3 Å². The van der Waals surface area contributed by atoms with E-state index in [1.807, 2.05) is 49.4 Å².